The molecule has 0 unspecified atom stereocenters. The minimum atomic E-state index is -1.91. The maximum Gasteiger partial charge on any atom is 0.271 e. The van der Waals surface area contributed by atoms with Crippen LogP contribution >= 0.6 is 0 Å². The zero-order valence-electron chi connectivity index (χ0n) is 29.3. The van der Waals surface area contributed by atoms with Gasteiger partial charge in [-0.1, -0.05) is 25.5 Å². The van der Waals surface area contributed by atoms with Crippen molar-refractivity contribution in [3.05, 3.63) is 81.4 Å². The van der Waals surface area contributed by atoms with Crippen LogP contribution in [0.4, 0.5) is 0 Å². The van der Waals surface area contributed by atoms with Crippen LogP contribution in [0.2, 0.25) is 0 Å². The van der Waals surface area contributed by atoms with Crippen molar-refractivity contribution in [1.29, 1.82) is 0 Å². The van der Waals surface area contributed by atoms with Gasteiger partial charge in [0.1, 0.15) is 28.6 Å². The largest absolute Gasteiger partial charge is 0.507 e. The van der Waals surface area contributed by atoms with E-state index in [-0.39, 0.29) is 58.5 Å². The number of carbonyl (C=O) groups is 3. The molecular weight excluding hydrogens is 674 g/mol. The van der Waals surface area contributed by atoms with Gasteiger partial charge in [0.25, 0.3) is 5.91 Å². The molecule has 0 radical (unpaired) electrons. The molecule has 0 saturated carbocycles. The molecule has 0 spiro atoms. The second-order valence-corrected chi connectivity index (χ2v) is 13.4. The number of hydrogen-bond donors (Lipinski definition) is 6. The van der Waals surface area contributed by atoms with E-state index in [4.69, 9.17) is 24.7 Å². The van der Waals surface area contributed by atoms with Crippen LogP contribution in [0.25, 0.3) is 0 Å². The number of amides is 1. The number of carbonyl (C=O) groups excluding carboxylic acids is 3. The molecule has 3 aliphatic rings. The van der Waals surface area contributed by atoms with E-state index in [2.05, 4.69) is 17.5 Å². The number of benzene rings is 3. The fraction of sp³-hybridized carbons (Fsp3) is 0.421. The summed E-state index contributed by atoms with van der Waals surface area (Å²) in [5.41, 5.74) is 5.97. The second-order valence-electron chi connectivity index (χ2n) is 13.4. The van der Waals surface area contributed by atoms with Crippen LogP contribution in [-0.4, -0.2) is 87.5 Å². The summed E-state index contributed by atoms with van der Waals surface area (Å²) < 4.78 is 23.2. The number of hydrazone groups is 1. The van der Waals surface area contributed by atoms with Crippen LogP contribution in [0.1, 0.15) is 106 Å². The molecule has 6 rings (SSSR count). The number of ketones is 2. The first-order valence-electron chi connectivity index (χ1n) is 17.2. The monoisotopic (exact) mass is 717 g/mol. The van der Waals surface area contributed by atoms with Gasteiger partial charge in [0.15, 0.2) is 12.1 Å². The molecule has 0 bridgehead atoms. The Labute approximate surface area is 300 Å². The first-order valence-corrected chi connectivity index (χ1v) is 17.2. The van der Waals surface area contributed by atoms with E-state index in [0.717, 1.165) is 12.8 Å². The van der Waals surface area contributed by atoms with Gasteiger partial charge in [0.05, 0.1) is 54.4 Å². The number of aromatic hydroxyl groups is 2. The molecule has 2 aliphatic carbocycles. The number of hydrogen-bond acceptors (Lipinski definition) is 13. The Balaban J connectivity index is 1.37. The quantitative estimate of drug-likeness (QED) is 0.0602. The lowest BCUT2D eigenvalue weighted by Gasteiger charge is -2.42. The summed E-state index contributed by atoms with van der Waals surface area (Å²) in [6.07, 6.45) is -2.72. The zero-order chi connectivity index (χ0) is 37.5. The lowest BCUT2D eigenvalue weighted by Crippen LogP contribution is -2.52. The van der Waals surface area contributed by atoms with Gasteiger partial charge in [0.2, 0.25) is 5.78 Å². The van der Waals surface area contributed by atoms with Crippen molar-refractivity contribution >= 4 is 23.2 Å². The predicted molar refractivity (Wildman–Crippen MR) is 187 cm³/mol. The third kappa shape index (κ3) is 6.63. The highest BCUT2D eigenvalue weighted by Gasteiger charge is 2.49. The van der Waals surface area contributed by atoms with Gasteiger partial charge in [-0.2, -0.15) is 5.10 Å². The van der Waals surface area contributed by atoms with E-state index in [1.807, 2.05) is 0 Å². The molecule has 1 fully saturated rings. The van der Waals surface area contributed by atoms with E-state index in [9.17, 15) is 34.8 Å². The number of aliphatic hydroxyl groups excluding tert-OH is 1. The van der Waals surface area contributed by atoms with Crippen LogP contribution in [-0.2, 0) is 15.9 Å². The molecule has 0 aromatic heterocycles. The highest BCUT2D eigenvalue weighted by atomic mass is 16.7. The summed E-state index contributed by atoms with van der Waals surface area (Å²) in [4.78, 5) is 40.9. The van der Waals surface area contributed by atoms with Crippen LogP contribution in [0.5, 0.6) is 23.0 Å². The second kappa shape index (κ2) is 14.6. The SMILES string of the molecule is CCCCOc1ccc(C(=O)N/N=C(\C)[C@@]2(O)Cc3c(O)c4c(c(O)c3[C@H](O[C@@H]3C[C@H](N)[C@H](O)[C@H](C)O3)C2)C(=O)c2c(OC)cccc2C4=O)cc1. The lowest BCUT2D eigenvalue weighted by molar-refractivity contribution is -0.245. The molecule has 276 valence electrons. The summed E-state index contributed by atoms with van der Waals surface area (Å²) in [6.45, 7) is 5.71. The van der Waals surface area contributed by atoms with Crippen molar-refractivity contribution < 1.29 is 53.8 Å². The number of methoxy groups -OCH3 is 1. The number of rotatable bonds is 10. The van der Waals surface area contributed by atoms with E-state index >= 15 is 0 Å². The van der Waals surface area contributed by atoms with Crippen molar-refractivity contribution in [3.63, 3.8) is 0 Å². The number of nitrogens with one attached hydrogen (secondary N) is 1. The Hall–Kier alpha value is -4.86. The fourth-order valence-corrected chi connectivity index (χ4v) is 7.01. The molecule has 7 N–H and O–H groups in total. The van der Waals surface area contributed by atoms with Gasteiger partial charge in [-0.25, -0.2) is 5.43 Å². The summed E-state index contributed by atoms with van der Waals surface area (Å²) in [5.74, 6) is -2.53. The van der Waals surface area contributed by atoms with E-state index in [1.165, 1.54) is 32.2 Å². The van der Waals surface area contributed by atoms with Gasteiger partial charge in [0, 0.05) is 47.6 Å². The number of unbranched alkanes of at least 4 members (excludes halogenated alkanes) is 1. The average Bonchev–Trinajstić information content (AvgIpc) is 3.12. The third-order valence-electron chi connectivity index (χ3n) is 10.0. The highest BCUT2D eigenvalue weighted by Crippen LogP contribution is 2.52. The summed E-state index contributed by atoms with van der Waals surface area (Å²) in [7, 11) is 1.34. The molecule has 1 saturated heterocycles. The van der Waals surface area contributed by atoms with Crippen molar-refractivity contribution in [2.75, 3.05) is 13.7 Å². The van der Waals surface area contributed by atoms with Crippen LogP contribution in [0.15, 0.2) is 47.6 Å². The number of fused-ring (bicyclic) bond motifs is 3. The fourth-order valence-electron chi connectivity index (χ4n) is 7.01. The van der Waals surface area contributed by atoms with E-state index < -0.39 is 76.3 Å². The van der Waals surface area contributed by atoms with Crippen molar-refractivity contribution in [3.8, 4) is 23.0 Å². The van der Waals surface area contributed by atoms with Crippen molar-refractivity contribution in [2.24, 2.45) is 10.8 Å². The smallest absolute Gasteiger partial charge is 0.271 e. The van der Waals surface area contributed by atoms with Gasteiger partial charge < -0.3 is 45.1 Å². The molecule has 6 atom stereocenters. The minimum absolute atomic E-state index is 0.0245. The molecule has 1 heterocycles. The molecule has 14 nitrogen and oxygen atoms in total. The molecule has 52 heavy (non-hydrogen) atoms. The van der Waals surface area contributed by atoms with Gasteiger partial charge in [-0.15, -0.1) is 0 Å². The number of phenolic OH excluding ortho intramolecular Hbond substituents is 2. The Morgan fingerprint density at radius 1 is 1.08 bits per heavy atom. The topological polar surface area (TPSA) is 219 Å². The summed E-state index contributed by atoms with van der Waals surface area (Å²) >= 11 is 0. The molecule has 14 heteroatoms. The Bertz CT molecular complexity index is 1920. The van der Waals surface area contributed by atoms with Crippen molar-refractivity contribution in [1.82, 2.24) is 5.43 Å². The molecular formula is C38H43N3O11. The Kier molecular flexibility index (Phi) is 10.4. The van der Waals surface area contributed by atoms with Gasteiger partial charge in [-0.05, 0) is 50.6 Å². The number of aliphatic hydroxyl groups is 2. The third-order valence-corrected chi connectivity index (χ3v) is 10.0. The molecule has 3 aromatic carbocycles. The first-order chi connectivity index (χ1) is 24.8. The average molecular weight is 718 g/mol. The number of nitrogens with zero attached hydrogens (tertiary/aromatic N) is 1. The van der Waals surface area contributed by atoms with Crippen LogP contribution in [0, 0.1) is 0 Å². The number of ether oxygens (including phenoxy) is 4. The van der Waals surface area contributed by atoms with Gasteiger partial charge in [-0.3, -0.25) is 14.4 Å². The first kappa shape index (κ1) is 36.9. The number of nitrogens with two attached hydrogens (primary N) is 1. The Morgan fingerprint density at radius 3 is 2.46 bits per heavy atom. The van der Waals surface area contributed by atoms with E-state index in [0.29, 0.717) is 12.4 Å². The van der Waals surface area contributed by atoms with Crippen LogP contribution in [0.3, 0.4) is 0 Å². The van der Waals surface area contributed by atoms with Crippen LogP contribution < -0.4 is 20.6 Å². The van der Waals surface area contributed by atoms with Gasteiger partial charge >= 0.3 is 0 Å². The molecule has 3 aromatic rings. The Morgan fingerprint density at radius 2 is 1.79 bits per heavy atom. The standard InChI is InChI=1S/C38H43N3O11/c1-5-6-14-50-21-12-10-20(11-13-21)37(47)41-40-19(3)38(48)16-23-29(26(17-38)52-27-15-24(39)32(42)18(2)51-27)36(46)31-30(34(23)44)33(43)22-8-7-9-25(49-4)28(22)35(31)45/h7-13,18,24,26-27,32,42,44,46,48H,5-6,14-17,39H2,1-4H3,(H,41,47)/b40-19+/t18-,24-,26+,27+,32+,38+/m0/s1. The lowest BCUT2D eigenvalue weighted by atomic mass is 9.71. The number of phenols is 2. The summed E-state index contributed by atoms with van der Waals surface area (Å²) in [5, 5.41) is 50.3. The maximum absolute atomic E-state index is 14.0. The molecule has 1 amide bonds. The highest BCUT2D eigenvalue weighted by molar-refractivity contribution is 6.31. The predicted octanol–water partition coefficient (Wildman–Crippen LogP) is 3.42. The summed E-state index contributed by atoms with van der Waals surface area (Å²) in [6, 6.07) is 10.2. The van der Waals surface area contributed by atoms with Crippen molar-refractivity contribution in [2.45, 2.75) is 89.1 Å². The van der Waals surface area contributed by atoms with E-state index in [1.54, 1.807) is 31.2 Å². The maximum atomic E-state index is 14.0. The minimum Gasteiger partial charge on any atom is -0.507 e. The zero-order valence-corrected chi connectivity index (χ0v) is 29.3. The normalized spacial score (nSPS) is 25.5. The molecule has 1 aliphatic heterocycles.